The number of nitrogens with one attached hydrogen (secondary N) is 1. The topological polar surface area (TPSA) is 96.2 Å². The molecule has 2 saturated carbocycles. The number of carboxylic acid groups (broad SMARTS) is 1. The van der Waals surface area contributed by atoms with Crippen LogP contribution >= 0.6 is 0 Å². The zero-order valence-corrected chi connectivity index (χ0v) is 21.8. The van der Waals surface area contributed by atoms with E-state index in [2.05, 4.69) is 52.4 Å². The van der Waals surface area contributed by atoms with Gasteiger partial charge in [-0.25, -0.2) is 14.8 Å². The van der Waals surface area contributed by atoms with E-state index < -0.39 is 5.97 Å². The standard InChI is InChI=1S/C27H42N6O2/c1-16-10-12-20(13-11-16)15-33-22-23(28-18(3)21-8-5-9-21)29-25(26(34)35)30-24(22)31-27(33)32-14-6-7-17(2)19(32)4/h16-21H,5-15H2,1-4H3,(H,34,35)(H,28,29,30)/t16?,17?,18-,19?,20?/m1/s1. The summed E-state index contributed by atoms with van der Waals surface area (Å²) in [5.41, 5.74) is 1.38. The number of piperidine rings is 1. The van der Waals surface area contributed by atoms with Gasteiger partial charge in [-0.2, -0.15) is 4.98 Å². The summed E-state index contributed by atoms with van der Waals surface area (Å²) in [6, 6.07) is 0.614. The third kappa shape index (κ3) is 4.85. The predicted molar refractivity (Wildman–Crippen MR) is 139 cm³/mol. The molecule has 1 saturated heterocycles. The number of fused-ring (bicyclic) bond motifs is 1. The Morgan fingerprint density at radius 2 is 1.77 bits per heavy atom. The number of hydrogen-bond donors (Lipinski definition) is 2. The molecule has 2 aromatic heterocycles. The van der Waals surface area contributed by atoms with Crippen molar-refractivity contribution in [1.82, 2.24) is 19.5 Å². The van der Waals surface area contributed by atoms with Gasteiger partial charge < -0.3 is 19.9 Å². The number of carboxylic acids is 1. The molecule has 0 aromatic carbocycles. The highest BCUT2D eigenvalue weighted by molar-refractivity contribution is 5.91. The maximum Gasteiger partial charge on any atom is 0.374 e. The highest BCUT2D eigenvalue weighted by Gasteiger charge is 2.33. The van der Waals surface area contributed by atoms with Crippen LogP contribution in [0.15, 0.2) is 0 Å². The maximum atomic E-state index is 11.9. The fraction of sp³-hybridized carbons (Fsp3) is 0.778. The molecule has 3 fully saturated rings. The summed E-state index contributed by atoms with van der Waals surface area (Å²) in [6.07, 6.45) is 11.1. The molecule has 2 unspecified atom stereocenters. The van der Waals surface area contributed by atoms with Gasteiger partial charge in [-0.1, -0.05) is 33.1 Å². The molecule has 0 spiro atoms. The van der Waals surface area contributed by atoms with Crippen LogP contribution in [0.2, 0.25) is 0 Å². The summed E-state index contributed by atoms with van der Waals surface area (Å²) in [5, 5.41) is 13.4. The van der Waals surface area contributed by atoms with Gasteiger partial charge in [0.15, 0.2) is 11.5 Å². The summed E-state index contributed by atoms with van der Waals surface area (Å²) < 4.78 is 2.34. The number of rotatable bonds is 7. The quantitative estimate of drug-likeness (QED) is 0.532. The largest absolute Gasteiger partial charge is 0.475 e. The first-order valence-electron chi connectivity index (χ1n) is 13.9. The lowest BCUT2D eigenvalue weighted by molar-refractivity contribution is 0.0684. The summed E-state index contributed by atoms with van der Waals surface area (Å²) in [4.78, 5) is 28.4. The van der Waals surface area contributed by atoms with Gasteiger partial charge in [0.05, 0.1) is 0 Å². The van der Waals surface area contributed by atoms with Gasteiger partial charge >= 0.3 is 5.97 Å². The van der Waals surface area contributed by atoms with Gasteiger partial charge in [0.25, 0.3) is 0 Å². The third-order valence-electron chi connectivity index (χ3n) is 9.20. The van der Waals surface area contributed by atoms with E-state index in [9.17, 15) is 9.90 Å². The normalized spacial score (nSPS) is 28.6. The van der Waals surface area contributed by atoms with Gasteiger partial charge in [-0.15, -0.1) is 0 Å². The Morgan fingerprint density at radius 3 is 2.43 bits per heavy atom. The van der Waals surface area contributed by atoms with Crippen LogP contribution in [0.4, 0.5) is 11.8 Å². The van der Waals surface area contributed by atoms with Crippen LogP contribution in [0.5, 0.6) is 0 Å². The fourth-order valence-corrected chi connectivity index (χ4v) is 6.27. The van der Waals surface area contributed by atoms with Crippen LogP contribution in [0, 0.1) is 23.7 Å². The Labute approximate surface area is 208 Å². The van der Waals surface area contributed by atoms with E-state index in [0.717, 1.165) is 36.9 Å². The molecule has 3 aliphatic rings. The minimum Gasteiger partial charge on any atom is -0.475 e. The Bertz CT molecular complexity index is 1060. The summed E-state index contributed by atoms with van der Waals surface area (Å²) in [5.74, 6) is 2.87. The van der Waals surface area contributed by atoms with Gasteiger partial charge in [0, 0.05) is 25.2 Å². The number of hydrogen-bond acceptors (Lipinski definition) is 6. The number of imidazole rings is 1. The van der Waals surface area contributed by atoms with E-state index >= 15 is 0 Å². The molecule has 0 amide bonds. The van der Waals surface area contributed by atoms with Crippen molar-refractivity contribution in [2.24, 2.45) is 23.7 Å². The second-order valence-corrected chi connectivity index (χ2v) is 11.7. The van der Waals surface area contributed by atoms with Gasteiger partial charge in [0.1, 0.15) is 5.52 Å². The van der Waals surface area contributed by atoms with Crippen LogP contribution < -0.4 is 10.2 Å². The van der Waals surface area contributed by atoms with E-state index in [1.807, 2.05) is 0 Å². The summed E-state index contributed by atoms with van der Waals surface area (Å²) >= 11 is 0. The van der Waals surface area contributed by atoms with Crippen molar-refractivity contribution in [2.45, 2.75) is 104 Å². The molecule has 5 rings (SSSR count). The number of aromatic carboxylic acids is 1. The lowest BCUT2D eigenvalue weighted by Gasteiger charge is -2.39. The first-order chi connectivity index (χ1) is 16.8. The summed E-state index contributed by atoms with van der Waals surface area (Å²) in [6.45, 7) is 11.0. The molecule has 8 heteroatoms. The first kappa shape index (κ1) is 24.3. The van der Waals surface area contributed by atoms with Crippen LogP contribution in [0.1, 0.15) is 96.1 Å². The number of nitrogens with zero attached hydrogens (tertiary/aromatic N) is 5. The molecule has 0 bridgehead atoms. The van der Waals surface area contributed by atoms with E-state index in [0.29, 0.717) is 35.3 Å². The lowest BCUT2D eigenvalue weighted by atomic mass is 9.80. The number of aromatic nitrogens is 4. The van der Waals surface area contributed by atoms with Gasteiger partial charge in [-0.3, -0.25) is 0 Å². The van der Waals surface area contributed by atoms with E-state index in [1.165, 1.54) is 51.4 Å². The van der Waals surface area contributed by atoms with Crippen LogP contribution in [-0.2, 0) is 6.54 Å². The number of anilines is 2. The molecule has 192 valence electrons. The molecule has 2 aromatic rings. The lowest BCUT2D eigenvalue weighted by Crippen LogP contribution is -2.44. The summed E-state index contributed by atoms with van der Waals surface area (Å²) in [7, 11) is 0. The highest BCUT2D eigenvalue weighted by atomic mass is 16.4. The minimum absolute atomic E-state index is 0.177. The zero-order chi connectivity index (χ0) is 24.7. The Kier molecular flexibility index (Phi) is 6.91. The van der Waals surface area contributed by atoms with Gasteiger partial charge in [0.2, 0.25) is 11.8 Å². The van der Waals surface area contributed by atoms with Crippen LogP contribution in [0.3, 0.4) is 0 Å². The molecule has 3 heterocycles. The molecule has 2 N–H and O–H groups in total. The molecule has 2 aliphatic carbocycles. The van der Waals surface area contributed by atoms with E-state index in [4.69, 9.17) is 4.98 Å². The monoisotopic (exact) mass is 482 g/mol. The van der Waals surface area contributed by atoms with Crippen molar-refractivity contribution in [3.8, 4) is 0 Å². The molecule has 8 nitrogen and oxygen atoms in total. The van der Waals surface area contributed by atoms with Crippen LogP contribution in [0.25, 0.3) is 11.2 Å². The van der Waals surface area contributed by atoms with Crippen molar-refractivity contribution >= 4 is 28.9 Å². The van der Waals surface area contributed by atoms with Gasteiger partial charge in [-0.05, 0) is 76.0 Å². The molecular weight excluding hydrogens is 440 g/mol. The van der Waals surface area contributed by atoms with Crippen molar-refractivity contribution in [3.63, 3.8) is 0 Å². The Balaban J connectivity index is 1.61. The van der Waals surface area contributed by atoms with Crippen molar-refractivity contribution in [3.05, 3.63) is 5.82 Å². The first-order valence-corrected chi connectivity index (χ1v) is 13.9. The third-order valence-corrected chi connectivity index (χ3v) is 9.20. The van der Waals surface area contributed by atoms with Crippen LogP contribution in [-0.4, -0.2) is 49.2 Å². The SMILES string of the molecule is CC1CCC(Cn2c(N3CCCC(C)C3C)nc3nc(C(=O)O)nc(N[C@H](C)C4CCC4)c32)CC1. The highest BCUT2D eigenvalue weighted by Crippen LogP contribution is 2.37. The fourth-order valence-electron chi connectivity index (χ4n) is 6.27. The molecule has 1 aliphatic heterocycles. The number of carbonyl (C=O) groups is 1. The molecule has 35 heavy (non-hydrogen) atoms. The molecular formula is C27H42N6O2. The van der Waals surface area contributed by atoms with Crippen molar-refractivity contribution < 1.29 is 9.90 Å². The van der Waals surface area contributed by atoms with Crippen molar-refractivity contribution in [2.75, 3.05) is 16.8 Å². The molecule has 3 atom stereocenters. The smallest absolute Gasteiger partial charge is 0.374 e. The van der Waals surface area contributed by atoms with Crippen molar-refractivity contribution in [1.29, 1.82) is 0 Å². The maximum absolute atomic E-state index is 11.9. The second-order valence-electron chi connectivity index (χ2n) is 11.7. The zero-order valence-electron chi connectivity index (χ0n) is 21.8. The minimum atomic E-state index is -1.11. The predicted octanol–water partition coefficient (Wildman–Crippen LogP) is 5.58. The molecule has 0 radical (unpaired) electrons. The second kappa shape index (κ2) is 9.94. The average Bonchev–Trinajstić information content (AvgIpc) is 3.14. The Hall–Kier alpha value is -2.38. The van der Waals surface area contributed by atoms with E-state index in [-0.39, 0.29) is 11.9 Å². The van der Waals surface area contributed by atoms with E-state index in [1.54, 1.807) is 0 Å². The Morgan fingerprint density at radius 1 is 1.03 bits per heavy atom. The average molecular weight is 483 g/mol.